The first-order valence-electron chi connectivity index (χ1n) is 22.9. The molecule has 1 heterocycles. The molecule has 332 valence electrons. The van der Waals surface area contributed by atoms with Gasteiger partial charge in [0.1, 0.15) is 0 Å². The standard InChI is InChI=1S/C58H55N3O5/c62-53(59-41-19-39-57(47-21-7-1-8-22-47,48-23-9-2-10-24-48)49-25-11-3-12-26-49)44-60(43-45-33-35-46(36-34-45)56(65)66-61-54(63)37-38-55(61)64)42-20-40-58(50-27-13-4-14-28-50,51-29-15-5-16-30-51)52-31-17-6-18-32-52/h1-18,21-36H,19-20,37-44H2,(H,59,62). The third-order valence-corrected chi connectivity index (χ3v) is 12.8. The van der Waals surface area contributed by atoms with Crippen LogP contribution in [-0.2, 0) is 36.6 Å². The molecule has 0 saturated carbocycles. The molecule has 7 aromatic rings. The van der Waals surface area contributed by atoms with Crippen molar-refractivity contribution in [2.24, 2.45) is 0 Å². The molecule has 3 amide bonds. The highest BCUT2D eigenvalue weighted by molar-refractivity contribution is 6.02. The summed E-state index contributed by atoms with van der Waals surface area (Å²) < 4.78 is 0. The molecule has 0 radical (unpaired) electrons. The van der Waals surface area contributed by atoms with E-state index in [0.29, 0.717) is 24.7 Å². The lowest BCUT2D eigenvalue weighted by atomic mass is 9.66. The van der Waals surface area contributed by atoms with Crippen LogP contribution in [-0.4, -0.2) is 53.3 Å². The van der Waals surface area contributed by atoms with Gasteiger partial charge in [-0.1, -0.05) is 194 Å². The summed E-state index contributed by atoms with van der Waals surface area (Å²) in [5.74, 6) is -1.91. The van der Waals surface area contributed by atoms with Gasteiger partial charge in [0, 0.05) is 36.8 Å². The van der Waals surface area contributed by atoms with E-state index in [2.05, 4.69) is 156 Å². The summed E-state index contributed by atoms with van der Waals surface area (Å²) >= 11 is 0. The minimum Gasteiger partial charge on any atom is -0.355 e. The van der Waals surface area contributed by atoms with Gasteiger partial charge >= 0.3 is 5.97 Å². The normalized spacial score (nSPS) is 12.9. The van der Waals surface area contributed by atoms with Crippen LogP contribution in [0.2, 0.25) is 0 Å². The summed E-state index contributed by atoms with van der Waals surface area (Å²) in [7, 11) is 0. The molecular formula is C58H55N3O5. The molecule has 0 atom stereocenters. The summed E-state index contributed by atoms with van der Waals surface area (Å²) in [6, 6.07) is 70.7. The molecule has 0 aromatic heterocycles. The van der Waals surface area contributed by atoms with Crippen LogP contribution in [0.3, 0.4) is 0 Å². The number of hydrogen-bond acceptors (Lipinski definition) is 6. The van der Waals surface area contributed by atoms with E-state index in [0.717, 1.165) is 31.2 Å². The molecule has 7 aromatic carbocycles. The summed E-state index contributed by atoms with van der Waals surface area (Å²) in [5.41, 5.74) is 7.46. The van der Waals surface area contributed by atoms with Crippen LogP contribution in [0, 0.1) is 0 Å². The fourth-order valence-electron chi connectivity index (χ4n) is 9.62. The highest BCUT2D eigenvalue weighted by Gasteiger charge is 2.37. The van der Waals surface area contributed by atoms with Gasteiger partial charge in [-0.3, -0.25) is 19.3 Å². The van der Waals surface area contributed by atoms with Gasteiger partial charge in [-0.15, -0.1) is 5.06 Å². The second-order valence-electron chi connectivity index (χ2n) is 16.9. The van der Waals surface area contributed by atoms with Crippen LogP contribution in [0.5, 0.6) is 0 Å². The van der Waals surface area contributed by atoms with Crippen LogP contribution in [0.25, 0.3) is 0 Å². The van der Waals surface area contributed by atoms with Crippen molar-refractivity contribution >= 4 is 23.7 Å². The highest BCUT2D eigenvalue weighted by atomic mass is 16.7. The first-order valence-corrected chi connectivity index (χ1v) is 22.9. The second kappa shape index (κ2) is 21.5. The predicted octanol–water partition coefficient (Wildman–Crippen LogP) is 10.5. The van der Waals surface area contributed by atoms with Crippen molar-refractivity contribution in [1.29, 1.82) is 0 Å². The molecule has 8 nitrogen and oxygen atoms in total. The lowest BCUT2D eigenvalue weighted by Crippen LogP contribution is -2.39. The Bertz CT molecular complexity index is 2450. The van der Waals surface area contributed by atoms with Gasteiger partial charge in [0.25, 0.3) is 11.8 Å². The van der Waals surface area contributed by atoms with Gasteiger partial charge in [0.15, 0.2) is 0 Å². The Morgan fingerprint density at radius 3 is 1.24 bits per heavy atom. The Morgan fingerprint density at radius 2 is 0.864 bits per heavy atom. The average Bonchev–Trinajstić information content (AvgIpc) is 3.69. The Labute approximate surface area is 387 Å². The van der Waals surface area contributed by atoms with Crippen molar-refractivity contribution in [3.63, 3.8) is 0 Å². The van der Waals surface area contributed by atoms with Crippen molar-refractivity contribution in [1.82, 2.24) is 15.3 Å². The van der Waals surface area contributed by atoms with E-state index in [1.165, 1.54) is 33.4 Å². The fraction of sp³-hybridized carbons (Fsp3) is 0.207. The number of rotatable bonds is 20. The van der Waals surface area contributed by atoms with Gasteiger partial charge < -0.3 is 10.2 Å². The summed E-state index contributed by atoms with van der Waals surface area (Å²) in [6.07, 6.45) is 3.11. The SMILES string of the molecule is O=C(CN(CCCC(c1ccccc1)(c1ccccc1)c1ccccc1)Cc1ccc(C(=O)ON2C(=O)CCC2=O)cc1)NCCCC(c1ccccc1)(c1ccccc1)c1ccccc1. The van der Waals surface area contributed by atoms with Crippen LogP contribution < -0.4 is 5.32 Å². The molecule has 0 spiro atoms. The van der Waals surface area contributed by atoms with Crippen LogP contribution in [0.1, 0.15) is 87.8 Å². The zero-order valence-corrected chi connectivity index (χ0v) is 37.1. The van der Waals surface area contributed by atoms with E-state index in [1.54, 1.807) is 12.1 Å². The molecule has 1 fully saturated rings. The van der Waals surface area contributed by atoms with Crippen LogP contribution in [0.15, 0.2) is 206 Å². The third-order valence-electron chi connectivity index (χ3n) is 12.8. The van der Waals surface area contributed by atoms with Crippen molar-refractivity contribution in [3.05, 3.63) is 251 Å². The minimum absolute atomic E-state index is 0.0213. The van der Waals surface area contributed by atoms with Gasteiger partial charge in [0.2, 0.25) is 5.91 Å². The van der Waals surface area contributed by atoms with Gasteiger partial charge in [0.05, 0.1) is 12.1 Å². The quantitative estimate of drug-likeness (QED) is 0.0466. The predicted molar refractivity (Wildman–Crippen MR) is 258 cm³/mol. The number of imide groups is 1. The summed E-state index contributed by atoms with van der Waals surface area (Å²) in [4.78, 5) is 58.6. The van der Waals surface area contributed by atoms with Crippen molar-refractivity contribution in [2.45, 2.75) is 55.9 Å². The van der Waals surface area contributed by atoms with Gasteiger partial charge in [-0.25, -0.2) is 4.79 Å². The van der Waals surface area contributed by atoms with E-state index in [4.69, 9.17) is 4.84 Å². The Kier molecular flexibility index (Phi) is 14.7. The zero-order valence-electron chi connectivity index (χ0n) is 37.1. The molecule has 8 rings (SSSR count). The van der Waals surface area contributed by atoms with Crippen molar-refractivity contribution in [3.8, 4) is 0 Å². The highest BCUT2D eigenvalue weighted by Crippen LogP contribution is 2.44. The Balaban J connectivity index is 1.02. The maximum Gasteiger partial charge on any atom is 0.363 e. The van der Waals surface area contributed by atoms with Gasteiger partial charge in [-0.05, 0) is 83.3 Å². The third kappa shape index (κ3) is 10.3. The molecule has 0 bridgehead atoms. The number of amides is 3. The largest absolute Gasteiger partial charge is 0.363 e. The fourth-order valence-corrected chi connectivity index (χ4v) is 9.62. The molecule has 1 aliphatic heterocycles. The number of hydrogen-bond donors (Lipinski definition) is 1. The zero-order chi connectivity index (χ0) is 45.6. The average molecular weight is 874 g/mol. The van der Waals surface area contributed by atoms with Crippen molar-refractivity contribution in [2.75, 3.05) is 19.6 Å². The van der Waals surface area contributed by atoms with Crippen LogP contribution >= 0.6 is 0 Å². The summed E-state index contributed by atoms with van der Waals surface area (Å²) in [6.45, 7) is 1.72. The number of benzene rings is 7. The first kappa shape index (κ1) is 45.2. The molecule has 1 N–H and O–H groups in total. The lowest BCUT2D eigenvalue weighted by Gasteiger charge is -2.37. The second-order valence-corrected chi connectivity index (χ2v) is 16.9. The van der Waals surface area contributed by atoms with Crippen LogP contribution in [0.4, 0.5) is 0 Å². The maximum absolute atomic E-state index is 14.1. The van der Waals surface area contributed by atoms with E-state index in [9.17, 15) is 19.2 Å². The number of hydroxylamine groups is 2. The first-order chi connectivity index (χ1) is 32.4. The van der Waals surface area contributed by atoms with Gasteiger partial charge in [-0.2, -0.15) is 0 Å². The smallest absolute Gasteiger partial charge is 0.355 e. The van der Waals surface area contributed by atoms with E-state index in [-0.39, 0.29) is 30.9 Å². The molecule has 0 unspecified atom stereocenters. The van der Waals surface area contributed by atoms with E-state index in [1.807, 2.05) is 48.5 Å². The molecule has 1 saturated heterocycles. The summed E-state index contributed by atoms with van der Waals surface area (Å²) in [5, 5.41) is 3.83. The maximum atomic E-state index is 14.1. The molecule has 66 heavy (non-hydrogen) atoms. The topological polar surface area (TPSA) is 96.0 Å². The Morgan fingerprint density at radius 1 is 0.500 bits per heavy atom. The molecular weight excluding hydrogens is 819 g/mol. The number of nitrogens with zero attached hydrogens (tertiary/aromatic N) is 2. The Hall–Kier alpha value is -7.42. The lowest BCUT2D eigenvalue weighted by molar-refractivity contribution is -0.172. The minimum atomic E-state index is -0.781. The molecule has 1 aliphatic rings. The number of carbonyl (C=O) groups excluding carboxylic acids is 4. The van der Waals surface area contributed by atoms with E-state index < -0.39 is 28.6 Å². The van der Waals surface area contributed by atoms with Crippen molar-refractivity contribution < 1.29 is 24.0 Å². The number of carbonyl (C=O) groups is 4. The molecule has 0 aliphatic carbocycles. The molecule has 8 heteroatoms. The monoisotopic (exact) mass is 873 g/mol. The number of nitrogens with one attached hydrogen (secondary N) is 1. The van der Waals surface area contributed by atoms with E-state index >= 15 is 0 Å².